The van der Waals surface area contributed by atoms with Gasteiger partial charge in [-0.3, -0.25) is 9.69 Å². The molecule has 2 aromatic heterocycles. The molecule has 0 spiro atoms. The number of methoxy groups -OCH3 is 1. The molecule has 1 fully saturated rings. The Morgan fingerprint density at radius 2 is 2.13 bits per heavy atom. The Bertz CT molecular complexity index is 879. The smallest absolute Gasteiger partial charge is 0.305 e. The third-order valence-electron chi connectivity index (χ3n) is 6.57. The molecule has 166 valence electrons. The van der Waals surface area contributed by atoms with Crippen LogP contribution in [-0.4, -0.2) is 52.7 Å². The number of piperidine rings is 1. The molecule has 4 heterocycles. The van der Waals surface area contributed by atoms with Gasteiger partial charge in [-0.15, -0.1) is 0 Å². The highest BCUT2D eigenvalue weighted by Crippen LogP contribution is 2.31. The number of carboxylic acid groups (broad SMARTS) is 1. The van der Waals surface area contributed by atoms with Gasteiger partial charge in [-0.2, -0.15) is 0 Å². The van der Waals surface area contributed by atoms with Gasteiger partial charge in [-0.05, 0) is 74.7 Å². The standard InChI is InChI=1S/C24H32N4O3/c1-31-22-9-6-19(16-26-22)21(15-23(29)30)28-13-10-17(11-14-28)4-7-20-8-5-18-3-2-12-25-24(18)27-20/h5-6,8-9,16-17,21H,2-4,7,10-15H2,1H3,(H,25,27)(H,29,30). The summed E-state index contributed by atoms with van der Waals surface area (Å²) in [5.74, 6) is 1.49. The number of likely N-dealkylation sites (tertiary alicyclic amines) is 1. The second-order valence-electron chi connectivity index (χ2n) is 8.61. The highest BCUT2D eigenvalue weighted by atomic mass is 16.5. The highest BCUT2D eigenvalue weighted by molar-refractivity contribution is 5.68. The molecular formula is C24H32N4O3. The van der Waals surface area contributed by atoms with Crippen molar-refractivity contribution in [3.05, 3.63) is 47.3 Å². The van der Waals surface area contributed by atoms with Crippen molar-refractivity contribution in [1.82, 2.24) is 14.9 Å². The van der Waals surface area contributed by atoms with Crippen molar-refractivity contribution in [2.75, 3.05) is 32.1 Å². The number of ether oxygens (including phenoxy) is 1. The quantitative estimate of drug-likeness (QED) is 0.668. The largest absolute Gasteiger partial charge is 0.481 e. The van der Waals surface area contributed by atoms with Crippen molar-refractivity contribution in [2.45, 2.75) is 51.0 Å². The van der Waals surface area contributed by atoms with Gasteiger partial charge < -0.3 is 15.2 Å². The lowest BCUT2D eigenvalue weighted by atomic mass is 9.89. The van der Waals surface area contributed by atoms with Gasteiger partial charge in [0.05, 0.1) is 13.5 Å². The predicted molar refractivity (Wildman–Crippen MR) is 119 cm³/mol. The summed E-state index contributed by atoms with van der Waals surface area (Å²) in [6.07, 6.45) is 8.44. The van der Waals surface area contributed by atoms with E-state index in [1.807, 2.05) is 6.07 Å². The maximum Gasteiger partial charge on any atom is 0.305 e. The van der Waals surface area contributed by atoms with Crippen molar-refractivity contribution in [3.63, 3.8) is 0 Å². The Kier molecular flexibility index (Phi) is 7.02. The molecule has 1 unspecified atom stereocenters. The van der Waals surface area contributed by atoms with Crippen LogP contribution in [0.2, 0.25) is 0 Å². The number of carbonyl (C=O) groups is 1. The number of anilines is 1. The van der Waals surface area contributed by atoms with E-state index in [4.69, 9.17) is 9.72 Å². The van der Waals surface area contributed by atoms with Gasteiger partial charge in [-0.25, -0.2) is 9.97 Å². The van der Waals surface area contributed by atoms with Crippen molar-refractivity contribution in [2.24, 2.45) is 5.92 Å². The number of nitrogens with one attached hydrogen (secondary N) is 1. The first-order chi connectivity index (χ1) is 15.1. The number of rotatable bonds is 8. The Morgan fingerprint density at radius 3 is 2.84 bits per heavy atom. The molecule has 1 saturated heterocycles. The number of hydrogen-bond acceptors (Lipinski definition) is 6. The van der Waals surface area contributed by atoms with E-state index in [0.717, 1.165) is 63.1 Å². The highest BCUT2D eigenvalue weighted by Gasteiger charge is 2.28. The third kappa shape index (κ3) is 5.53. The normalized spacial score (nSPS) is 18.1. The molecule has 2 aromatic rings. The lowest BCUT2D eigenvalue weighted by Crippen LogP contribution is -2.38. The summed E-state index contributed by atoms with van der Waals surface area (Å²) in [6.45, 7) is 2.84. The van der Waals surface area contributed by atoms with E-state index in [1.165, 1.54) is 17.7 Å². The Balaban J connectivity index is 1.32. The summed E-state index contributed by atoms with van der Waals surface area (Å²) in [4.78, 5) is 22.9. The van der Waals surface area contributed by atoms with Gasteiger partial charge in [0, 0.05) is 30.5 Å². The third-order valence-corrected chi connectivity index (χ3v) is 6.57. The Morgan fingerprint density at radius 1 is 1.29 bits per heavy atom. The number of aryl methyl sites for hydroxylation is 2. The van der Waals surface area contributed by atoms with Crippen LogP contribution in [-0.2, 0) is 17.6 Å². The van der Waals surface area contributed by atoms with Gasteiger partial charge in [-0.1, -0.05) is 12.1 Å². The summed E-state index contributed by atoms with van der Waals surface area (Å²) < 4.78 is 5.13. The van der Waals surface area contributed by atoms with Crippen LogP contribution in [0.5, 0.6) is 5.88 Å². The molecule has 0 radical (unpaired) electrons. The molecule has 0 saturated carbocycles. The number of fused-ring (bicyclic) bond motifs is 1. The van der Waals surface area contributed by atoms with E-state index < -0.39 is 5.97 Å². The number of aromatic nitrogens is 2. The molecule has 1 atom stereocenters. The molecule has 7 nitrogen and oxygen atoms in total. The number of aliphatic carboxylic acids is 1. The van der Waals surface area contributed by atoms with Gasteiger partial charge in [0.1, 0.15) is 5.82 Å². The van der Waals surface area contributed by atoms with Crippen LogP contribution in [0.25, 0.3) is 0 Å². The van der Waals surface area contributed by atoms with Crippen molar-refractivity contribution in [3.8, 4) is 5.88 Å². The molecular weight excluding hydrogens is 392 g/mol. The second-order valence-corrected chi connectivity index (χ2v) is 8.61. The van der Waals surface area contributed by atoms with Gasteiger partial charge >= 0.3 is 5.97 Å². The average Bonchev–Trinajstić information content (AvgIpc) is 2.81. The maximum atomic E-state index is 11.5. The maximum absolute atomic E-state index is 11.5. The molecule has 2 aliphatic rings. The zero-order valence-electron chi connectivity index (χ0n) is 18.2. The molecule has 7 heteroatoms. The fourth-order valence-electron chi connectivity index (χ4n) is 4.75. The van der Waals surface area contributed by atoms with Crippen LogP contribution in [0.4, 0.5) is 5.82 Å². The monoisotopic (exact) mass is 424 g/mol. The fraction of sp³-hybridized carbons (Fsp3) is 0.542. The molecule has 31 heavy (non-hydrogen) atoms. The summed E-state index contributed by atoms with van der Waals surface area (Å²) >= 11 is 0. The van der Waals surface area contributed by atoms with E-state index in [0.29, 0.717) is 11.8 Å². The molecule has 4 rings (SSSR count). The minimum absolute atomic E-state index is 0.0880. The lowest BCUT2D eigenvalue weighted by Gasteiger charge is -2.37. The zero-order valence-corrected chi connectivity index (χ0v) is 18.2. The first-order valence-corrected chi connectivity index (χ1v) is 11.3. The van der Waals surface area contributed by atoms with Crippen LogP contribution in [0.15, 0.2) is 30.5 Å². The molecule has 0 amide bonds. The van der Waals surface area contributed by atoms with Gasteiger partial charge in [0.25, 0.3) is 0 Å². The first kappa shape index (κ1) is 21.6. The first-order valence-electron chi connectivity index (χ1n) is 11.3. The zero-order chi connectivity index (χ0) is 21.6. The summed E-state index contributed by atoms with van der Waals surface area (Å²) in [7, 11) is 1.58. The molecule has 0 aliphatic carbocycles. The van der Waals surface area contributed by atoms with Crippen LogP contribution in [0.3, 0.4) is 0 Å². The fourth-order valence-corrected chi connectivity index (χ4v) is 4.75. The van der Waals surface area contributed by atoms with E-state index in [-0.39, 0.29) is 12.5 Å². The van der Waals surface area contributed by atoms with Crippen molar-refractivity contribution in [1.29, 1.82) is 0 Å². The van der Waals surface area contributed by atoms with Crippen molar-refractivity contribution < 1.29 is 14.6 Å². The van der Waals surface area contributed by atoms with Crippen LogP contribution in [0.1, 0.15) is 55.0 Å². The van der Waals surface area contributed by atoms with Gasteiger partial charge in [0.2, 0.25) is 5.88 Å². The van der Waals surface area contributed by atoms with E-state index in [2.05, 4.69) is 27.3 Å². The van der Waals surface area contributed by atoms with E-state index >= 15 is 0 Å². The lowest BCUT2D eigenvalue weighted by molar-refractivity contribution is -0.138. The predicted octanol–water partition coefficient (Wildman–Crippen LogP) is 3.70. The topological polar surface area (TPSA) is 87.6 Å². The van der Waals surface area contributed by atoms with E-state index in [9.17, 15) is 9.90 Å². The van der Waals surface area contributed by atoms with Crippen molar-refractivity contribution >= 4 is 11.8 Å². The summed E-state index contributed by atoms with van der Waals surface area (Å²) in [5.41, 5.74) is 3.44. The molecule has 2 N–H and O–H groups in total. The van der Waals surface area contributed by atoms with Crippen LogP contribution < -0.4 is 10.1 Å². The van der Waals surface area contributed by atoms with Gasteiger partial charge in [0.15, 0.2) is 0 Å². The minimum atomic E-state index is -0.782. The van der Waals surface area contributed by atoms with Crippen LogP contribution in [0, 0.1) is 5.92 Å². The second kappa shape index (κ2) is 10.1. The summed E-state index contributed by atoms with van der Waals surface area (Å²) in [5, 5.41) is 12.9. The minimum Gasteiger partial charge on any atom is -0.481 e. The number of nitrogens with zero attached hydrogens (tertiary/aromatic N) is 3. The Labute approximate surface area is 183 Å². The average molecular weight is 425 g/mol. The molecule has 0 aromatic carbocycles. The Hall–Kier alpha value is -2.67. The number of hydrogen-bond donors (Lipinski definition) is 2. The van der Waals surface area contributed by atoms with Crippen LogP contribution >= 0.6 is 0 Å². The molecule has 0 bridgehead atoms. The number of carboxylic acids is 1. The molecule has 2 aliphatic heterocycles. The van der Waals surface area contributed by atoms with E-state index in [1.54, 1.807) is 19.4 Å². The SMILES string of the molecule is COc1ccc(C(CC(=O)O)N2CCC(CCc3ccc4c(n3)NCCC4)CC2)cn1. The summed E-state index contributed by atoms with van der Waals surface area (Å²) in [6, 6.07) is 8.00. The number of pyridine rings is 2.